The van der Waals surface area contributed by atoms with Crippen LogP contribution in [0.3, 0.4) is 0 Å². The molecule has 1 atom stereocenters. The van der Waals surface area contributed by atoms with Crippen molar-refractivity contribution in [3.63, 3.8) is 0 Å². The summed E-state index contributed by atoms with van der Waals surface area (Å²) in [4.78, 5) is 24.8. The highest BCUT2D eigenvalue weighted by atomic mass is 32.1. The van der Waals surface area contributed by atoms with Gasteiger partial charge in [0.15, 0.2) is 11.5 Å². The molecule has 1 amide bonds. The van der Waals surface area contributed by atoms with Crippen molar-refractivity contribution in [1.29, 1.82) is 0 Å². The molecule has 0 aliphatic carbocycles. The zero-order valence-corrected chi connectivity index (χ0v) is 18.1. The quantitative estimate of drug-likeness (QED) is 0.665. The van der Waals surface area contributed by atoms with Gasteiger partial charge in [-0.05, 0) is 45.2 Å². The number of aromatic amines is 1. The van der Waals surface area contributed by atoms with Crippen molar-refractivity contribution in [3.8, 4) is 0 Å². The number of aromatic nitrogens is 4. The number of thiazole rings is 1. The minimum absolute atomic E-state index is 0.0890. The summed E-state index contributed by atoms with van der Waals surface area (Å²) < 4.78 is 5.43. The first-order chi connectivity index (χ1) is 14.6. The van der Waals surface area contributed by atoms with Gasteiger partial charge in [0.2, 0.25) is 0 Å². The predicted octanol–water partition coefficient (Wildman–Crippen LogP) is 3.25. The van der Waals surface area contributed by atoms with Gasteiger partial charge in [0.1, 0.15) is 4.88 Å². The van der Waals surface area contributed by atoms with E-state index in [4.69, 9.17) is 9.72 Å². The molecule has 3 aromatic rings. The van der Waals surface area contributed by atoms with Gasteiger partial charge in [0, 0.05) is 44.0 Å². The van der Waals surface area contributed by atoms with E-state index in [-0.39, 0.29) is 11.8 Å². The third kappa shape index (κ3) is 3.67. The summed E-state index contributed by atoms with van der Waals surface area (Å²) in [5.74, 6) is 1.18. The van der Waals surface area contributed by atoms with Crippen LogP contribution in [-0.2, 0) is 4.74 Å². The van der Waals surface area contributed by atoms with Crippen molar-refractivity contribution in [2.45, 2.75) is 45.1 Å². The monoisotopic (exact) mass is 426 g/mol. The number of rotatable bonds is 4. The number of ether oxygens (including phenoxy) is 1. The third-order valence-electron chi connectivity index (χ3n) is 6.00. The normalized spacial score (nSPS) is 20.2. The van der Waals surface area contributed by atoms with Crippen molar-refractivity contribution < 1.29 is 9.53 Å². The second-order valence-corrected chi connectivity index (χ2v) is 9.32. The standard InChI is InChI=1S/C21H26N6O2S/c1-12-18(30-13(2)22-12)21(28)27-8-5-14(11-27)17-4-3-16-19(25-26-20(16)24-17)23-15-6-9-29-10-7-15/h3-4,14-15H,5-11H2,1-2H3,(H2,23,24,25,26). The number of pyridine rings is 1. The van der Waals surface area contributed by atoms with E-state index in [2.05, 4.69) is 32.6 Å². The number of fused-ring (bicyclic) bond motifs is 1. The molecule has 5 heterocycles. The first kappa shape index (κ1) is 19.4. The lowest BCUT2D eigenvalue weighted by Crippen LogP contribution is -2.28. The van der Waals surface area contributed by atoms with Gasteiger partial charge in [-0.3, -0.25) is 9.89 Å². The number of amides is 1. The Bertz CT molecular complexity index is 1070. The van der Waals surface area contributed by atoms with Crippen molar-refractivity contribution in [1.82, 2.24) is 25.1 Å². The van der Waals surface area contributed by atoms with Crippen LogP contribution in [0.5, 0.6) is 0 Å². The molecule has 2 aliphatic rings. The highest BCUT2D eigenvalue weighted by Gasteiger charge is 2.31. The molecule has 2 fully saturated rings. The lowest BCUT2D eigenvalue weighted by molar-refractivity contribution is 0.0794. The Morgan fingerprint density at radius 1 is 1.23 bits per heavy atom. The second kappa shape index (κ2) is 7.96. The van der Waals surface area contributed by atoms with E-state index in [1.54, 1.807) is 0 Å². The van der Waals surface area contributed by atoms with Gasteiger partial charge >= 0.3 is 0 Å². The summed E-state index contributed by atoms with van der Waals surface area (Å²) in [7, 11) is 0. The van der Waals surface area contributed by atoms with Gasteiger partial charge in [-0.25, -0.2) is 9.97 Å². The van der Waals surface area contributed by atoms with Crippen molar-refractivity contribution in [3.05, 3.63) is 33.4 Å². The number of nitrogens with one attached hydrogen (secondary N) is 2. The molecule has 0 aromatic carbocycles. The molecular weight excluding hydrogens is 400 g/mol. The molecule has 8 nitrogen and oxygen atoms in total. The lowest BCUT2D eigenvalue weighted by atomic mass is 10.0. The van der Waals surface area contributed by atoms with Crippen LogP contribution in [0.1, 0.15) is 51.2 Å². The Labute approximate surface area is 179 Å². The minimum atomic E-state index is 0.0890. The summed E-state index contributed by atoms with van der Waals surface area (Å²) in [6, 6.07) is 4.55. The fourth-order valence-electron chi connectivity index (χ4n) is 4.35. The maximum absolute atomic E-state index is 12.9. The van der Waals surface area contributed by atoms with Crippen LogP contribution in [0.15, 0.2) is 12.1 Å². The number of H-pyrrole nitrogens is 1. The lowest BCUT2D eigenvalue weighted by Gasteiger charge is -2.23. The number of anilines is 1. The Balaban J connectivity index is 1.29. The Morgan fingerprint density at radius 3 is 2.83 bits per heavy atom. The largest absolute Gasteiger partial charge is 0.381 e. The fourth-order valence-corrected chi connectivity index (χ4v) is 5.24. The van der Waals surface area contributed by atoms with Crippen molar-refractivity contribution in [2.75, 3.05) is 31.6 Å². The minimum Gasteiger partial charge on any atom is -0.381 e. The SMILES string of the molecule is Cc1nc(C)c(C(=O)N2CCC(c3ccc4c(NC5CCOCC5)n[nH]c4n3)C2)s1. The van der Waals surface area contributed by atoms with Gasteiger partial charge in [-0.2, -0.15) is 5.10 Å². The molecule has 2 aliphatic heterocycles. The molecule has 30 heavy (non-hydrogen) atoms. The second-order valence-electron chi connectivity index (χ2n) is 8.12. The van der Waals surface area contributed by atoms with Gasteiger partial charge in [-0.15, -0.1) is 11.3 Å². The number of hydrogen-bond donors (Lipinski definition) is 2. The molecule has 9 heteroatoms. The zero-order chi connectivity index (χ0) is 20.7. The van der Waals surface area contributed by atoms with E-state index in [0.717, 1.165) is 77.1 Å². The Kier molecular flexibility index (Phi) is 5.16. The van der Waals surface area contributed by atoms with Crippen molar-refractivity contribution >= 4 is 34.1 Å². The first-order valence-electron chi connectivity index (χ1n) is 10.5. The fraction of sp³-hybridized carbons (Fsp3) is 0.524. The summed E-state index contributed by atoms with van der Waals surface area (Å²) in [6.45, 7) is 6.87. The van der Waals surface area contributed by atoms with E-state index in [1.165, 1.54) is 11.3 Å². The molecule has 2 saturated heterocycles. The molecular formula is C21H26N6O2S. The van der Waals surface area contributed by atoms with Crippen LogP contribution in [0.4, 0.5) is 5.82 Å². The maximum Gasteiger partial charge on any atom is 0.265 e. The summed E-state index contributed by atoms with van der Waals surface area (Å²) in [6.07, 6.45) is 2.90. The Hall–Kier alpha value is -2.52. The molecule has 0 radical (unpaired) electrons. The average Bonchev–Trinajstić information content (AvgIpc) is 3.47. The number of nitrogens with zero attached hydrogens (tertiary/aromatic N) is 4. The number of hydrogen-bond acceptors (Lipinski definition) is 7. The molecule has 2 N–H and O–H groups in total. The number of likely N-dealkylation sites (tertiary alicyclic amines) is 1. The highest BCUT2D eigenvalue weighted by Crippen LogP contribution is 2.31. The summed E-state index contributed by atoms with van der Waals surface area (Å²) >= 11 is 1.48. The van der Waals surface area contributed by atoms with Crippen molar-refractivity contribution in [2.24, 2.45) is 0 Å². The Morgan fingerprint density at radius 2 is 2.07 bits per heavy atom. The molecule has 1 unspecified atom stereocenters. The van der Waals surface area contributed by atoms with E-state index < -0.39 is 0 Å². The predicted molar refractivity (Wildman–Crippen MR) is 116 cm³/mol. The maximum atomic E-state index is 12.9. The highest BCUT2D eigenvalue weighted by molar-refractivity contribution is 7.13. The first-order valence-corrected chi connectivity index (χ1v) is 11.3. The molecule has 5 rings (SSSR count). The number of carbonyl (C=O) groups excluding carboxylic acids is 1. The smallest absolute Gasteiger partial charge is 0.265 e. The van der Waals surface area contributed by atoms with Gasteiger partial charge < -0.3 is 15.0 Å². The van der Waals surface area contributed by atoms with Gasteiger partial charge in [0.25, 0.3) is 5.91 Å². The van der Waals surface area contributed by atoms with Crippen LogP contribution in [0.2, 0.25) is 0 Å². The van der Waals surface area contributed by atoms with Crippen LogP contribution < -0.4 is 5.32 Å². The third-order valence-corrected chi connectivity index (χ3v) is 7.06. The summed E-state index contributed by atoms with van der Waals surface area (Å²) in [5.41, 5.74) is 2.63. The van der Waals surface area contributed by atoms with Crippen LogP contribution in [0.25, 0.3) is 11.0 Å². The zero-order valence-electron chi connectivity index (χ0n) is 17.3. The van der Waals surface area contributed by atoms with Crippen LogP contribution in [0, 0.1) is 13.8 Å². The molecule has 0 spiro atoms. The van der Waals surface area contributed by atoms with E-state index in [0.29, 0.717) is 12.6 Å². The molecule has 0 saturated carbocycles. The molecule has 158 valence electrons. The summed E-state index contributed by atoms with van der Waals surface area (Å²) in [5, 5.41) is 13.0. The van der Waals surface area contributed by atoms with Gasteiger partial charge in [0.05, 0.1) is 16.1 Å². The van der Waals surface area contributed by atoms with E-state index >= 15 is 0 Å². The molecule has 3 aromatic heterocycles. The molecule has 0 bridgehead atoms. The van der Waals surface area contributed by atoms with Crippen LogP contribution in [-0.4, -0.2) is 63.3 Å². The van der Waals surface area contributed by atoms with E-state index in [1.807, 2.05) is 18.7 Å². The average molecular weight is 427 g/mol. The van der Waals surface area contributed by atoms with Gasteiger partial charge in [-0.1, -0.05) is 0 Å². The van der Waals surface area contributed by atoms with E-state index in [9.17, 15) is 4.79 Å². The topological polar surface area (TPSA) is 96.0 Å². The number of carbonyl (C=O) groups is 1. The number of aryl methyl sites for hydroxylation is 2. The van der Waals surface area contributed by atoms with Crippen LogP contribution >= 0.6 is 11.3 Å².